The van der Waals surface area contributed by atoms with Gasteiger partial charge < -0.3 is 10.6 Å². The number of hydrogen-bond acceptors (Lipinski definition) is 5. The number of nitrogens with zero attached hydrogens (tertiary/aromatic N) is 5. The van der Waals surface area contributed by atoms with Crippen LogP contribution in [0.5, 0.6) is 0 Å². The van der Waals surface area contributed by atoms with Gasteiger partial charge in [-0.1, -0.05) is 23.2 Å². The van der Waals surface area contributed by atoms with E-state index in [1.807, 2.05) is 4.68 Å². The van der Waals surface area contributed by atoms with E-state index < -0.39 is 0 Å². The van der Waals surface area contributed by atoms with Crippen molar-refractivity contribution >= 4 is 11.9 Å². The summed E-state index contributed by atoms with van der Waals surface area (Å²) in [5.41, 5.74) is 6.78. The number of fused-ring (bicyclic) bond motifs is 1. The maximum atomic E-state index is 12.0. The Hall–Kier alpha value is -1.92. The highest BCUT2D eigenvalue weighted by atomic mass is 16.1. The fourth-order valence-electron chi connectivity index (χ4n) is 4.61. The summed E-state index contributed by atoms with van der Waals surface area (Å²) >= 11 is 0. The first-order valence-electron chi connectivity index (χ1n) is 8.68. The van der Waals surface area contributed by atoms with Gasteiger partial charge in [-0.2, -0.15) is 0 Å². The Morgan fingerprint density at radius 3 is 3.04 bits per heavy atom. The molecule has 1 saturated carbocycles. The molecule has 124 valence electrons. The zero-order valence-electron chi connectivity index (χ0n) is 13.4. The summed E-state index contributed by atoms with van der Waals surface area (Å²) < 4.78 is 1.88. The highest BCUT2D eigenvalue weighted by molar-refractivity contribution is 5.83. The van der Waals surface area contributed by atoms with Gasteiger partial charge in [0, 0.05) is 13.1 Å². The number of carbonyl (C=O) groups is 1. The van der Waals surface area contributed by atoms with Gasteiger partial charge in [0.05, 0.1) is 12.0 Å². The van der Waals surface area contributed by atoms with Crippen molar-refractivity contribution < 1.29 is 4.79 Å². The van der Waals surface area contributed by atoms with Gasteiger partial charge in [0.15, 0.2) is 0 Å². The zero-order valence-corrected chi connectivity index (χ0v) is 13.4. The molecule has 2 fully saturated rings. The molecular weight excluding hydrogens is 292 g/mol. The zero-order chi connectivity index (χ0) is 15.9. The Morgan fingerprint density at radius 1 is 1.39 bits per heavy atom. The van der Waals surface area contributed by atoms with Crippen molar-refractivity contribution in [2.45, 2.75) is 51.5 Å². The topological polar surface area (TPSA) is 89.9 Å². The Labute approximate surface area is 135 Å². The van der Waals surface area contributed by atoms with Crippen LogP contribution in [0.4, 0.5) is 5.95 Å². The van der Waals surface area contributed by atoms with Crippen molar-refractivity contribution in [3.05, 3.63) is 11.6 Å². The van der Waals surface area contributed by atoms with Crippen molar-refractivity contribution in [3.63, 3.8) is 0 Å². The van der Waals surface area contributed by atoms with Gasteiger partial charge in [0.1, 0.15) is 0 Å². The number of rotatable bonds is 4. The molecule has 1 aromatic heterocycles. The first kappa shape index (κ1) is 14.7. The van der Waals surface area contributed by atoms with E-state index in [4.69, 9.17) is 5.73 Å². The molecule has 0 aromatic carbocycles. The van der Waals surface area contributed by atoms with E-state index in [1.165, 1.54) is 18.4 Å². The van der Waals surface area contributed by atoms with Gasteiger partial charge in [-0.3, -0.25) is 4.79 Å². The molecule has 1 saturated heterocycles. The van der Waals surface area contributed by atoms with Crippen molar-refractivity contribution in [2.24, 2.45) is 17.1 Å². The number of hydrogen-bond donors (Lipinski definition) is 1. The summed E-state index contributed by atoms with van der Waals surface area (Å²) in [6.07, 6.45) is 10.2. The summed E-state index contributed by atoms with van der Waals surface area (Å²) in [5, 5.41) is 12.3. The highest BCUT2D eigenvalue weighted by Gasteiger charge is 2.54. The van der Waals surface area contributed by atoms with Crippen molar-refractivity contribution in [1.29, 1.82) is 0 Å². The molecule has 1 aromatic rings. The largest absolute Gasteiger partial charge is 0.369 e. The van der Waals surface area contributed by atoms with E-state index in [2.05, 4.69) is 26.5 Å². The Bertz CT molecular complexity index is 638. The van der Waals surface area contributed by atoms with E-state index in [0.717, 1.165) is 51.1 Å². The number of amides is 1. The monoisotopic (exact) mass is 316 g/mol. The van der Waals surface area contributed by atoms with Gasteiger partial charge in [0.25, 0.3) is 0 Å². The third-order valence-corrected chi connectivity index (χ3v) is 5.90. The van der Waals surface area contributed by atoms with Gasteiger partial charge >= 0.3 is 0 Å². The van der Waals surface area contributed by atoms with Crippen LogP contribution < -0.4 is 10.6 Å². The fraction of sp³-hybridized carbons (Fsp3) is 0.750. The predicted octanol–water partition coefficient (Wildman–Crippen LogP) is 1.27. The lowest BCUT2D eigenvalue weighted by Gasteiger charge is -2.24. The van der Waals surface area contributed by atoms with E-state index in [0.29, 0.717) is 12.5 Å². The van der Waals surface area contributed by atoms with Crippen molar-refractivity contribution in [2.75, 3.05) is 18.0 Å². The molecule has 0 radical (unpaired) electrons. The molecule has 2 N–H and O–H groups in total. The minimum absolute atomic E-state index is 0.156. The minimum Gasteiger partial charge on any atom is -0.369 e. The van der Waals surface area contributed by atoms with Crippen LogP contribution in [-0.2, 0) is 11.3 Å². The van der Waals surface area contributed by atoms with Crippen molar-refractivity contribution in [3.8, 4) is 0 Å². The van der Waals surface area contributed by atoms with Crippen LogP contribution >= 0.6 is 0 Å². The molecule has 2 atom stereocenters. The smallest absolute Gasteiger partial charge is 0.245 e. The van der Waals surface area contributed by atoms with Gasteiger partial charge in [0.2, 0.25) is 11.9 Å². The second-order valence-corrected chi connectivity index (χ2v) is 7.23. The Morgan fingerprint density at radius 2 is 2.30 bits per heavy atom. The van der Waals surface area contributed by atoms with Crippen LogP contribution in [0.3, 0.4) is 0 Å². The molecule has 1 amide bonds. The summed E-state index contributed by atoms with van der Waals surface area (Å²) in [5.74, 6) is 0.974. The number of primary amides is 1. The molecule has 0 spiro atoms. The summed E-state index contributed by atoms with van der Waals surface area (Å²) in [6.45, 7) is 2.25. The lowest BCUT2D eigenvalue weighted by atomic mass is 9.80. The average Bonchev–Trinajstić information content (AvgIpc) is 3.21. The van der Waals surface area contributed by atoms with Crippen LogP contribution in [0.15, 0.2) is 11.6 Å². The molecule has 7 nitrogen and oxygen atoms in total. The van der Waals surface area contributed by atoms with Crippen LogP contribution in [0.1, 0.15) is 44.9 Å². The Balaban J connectivity index is 1.55. The second-order valence-electron chi connectivity index (χ2n) is 7.23. The van der Waals surface area contributed by atoms with E-state index in [9.17, 15) is 4.79 Å². The number of carbonyl (C=O) groups excluding carboxylic acids is 1. The number of tetrazole rings is 1. The molecule has 2 heterocycles. The molecule has 4 rings (SSSR count). The number of aromatic nitrogens is 4. The van der Waals surface area contributed by atoms with E-state index in [-0.39, 0.29) is 11.3 Å². The average molecular weight is 316 g/mol. The SMILES string of the molecule is NC(=O)[C@]12CCC[C@H]1CN(c1nnnn1CC1=CCCCC1)C2. The summed E-state index contributed by atoms with van der Waals surface area (Å²) in [6, 6.07) is 0. The van der Waals surface area contributed by atoms with Crippen LogP contribution in [0.2, 0.25) is 0 Å². The number of nitrogens with two attached hydrogens (primary N) is 1. The summed E-state index contributed by atoms with van der Waals surface area (Å²) in [7, 11) is 0. The molecule has 1 aliphatic heterocycles. The first-order chi connectivity index (χ1) is 11.2. The lowest BCUT2D eigenvalue weighted by Crippen LogP contribution is -2.41. The third kappa shape index (κ3) is 2.42. The van der Waals surface area contributed by atoms with Gasteiger partial charge in [-0.15, -0.1) is 0 Å². The standard InChI is InChI=1S/C16H24N6O/c17-14(23)16-8-4-7-13(16)10-21(11-16)15-18-19-20-22(15)9-12-5-2-1-3-6-12/h5,13H,1-4,6-11H2,(H2,17,23)/t13-,16-/m0/s1. The molecule has 23 heavy (non-hydrogen) atoms. The number of anilines is 1. The fourth-order valence-corrected chi connectivity index (χ4v) is 4.61. The van der Waals surface area contributed by atoms with Crippen LogP contribution in [-0.4, -0.2) is 39.2 Å². The maximum absolute atomic E-state index is 12.0. The Kier molecular flexibility index (Phi) is 3.58. The second kappa shape index (κ2) is 5.62. The molecule has 0 unspecified atom stereocenters. The molecule has 3 aliphatic rings. The third-order valence-electron chi connectivity index (χ3n) is 5.90. The normalized spacial score (nSPS) is 30.3. The van der Waals surface area contributed by atoms with Crippen LogP contribution in [0, 0.1) is 11.3 Å². The lowest BCUT2D eigenvalue weighted by molar-refractivity contribution is -0.127. The van der Waals surface area contributed by atoms with Gasteiger partial charge in [-0.05, 0) is 54.9 Å². The first-order valence-corrected chi connectivity index (χ1v) is 8.68. The van der Waals surface area contributed by atoms with Crippen LogP contribution in [0.25, 0.3) is 0 Å². The van der Waals surface area contributed by atoms with Crippen molar-refractivity contribution in [1.82, 2.24) is 20.2 Å². The van der Waals surface area contributed by atoms with E-state index >= 15 is 0 Å². The quantitative estimate of drug-likeness (QED) is 0.845. The maximum Gasteiger partial charge on any atom is 0.245 e. The molecular formula is C16H24N6O. The molecule has 2 aliphatic carbocycles. The number of allylic oxidation sites excluding steroid dienone is 2. The predicted molar refractivity (Wildman–Crippen MR) is 85.5 cm³/mol. The molecule has 7 heteroatoms. The minimum atomic E-state index is -0.374. The summed E-state index contributed by atoms with van der Waals surface area (Å²) in [4.78, 5) is 14.2. The van der Waals surface area contributed by atoms with E-state index in [1.54, 1.807) is 0 Å². The molecule has 0 bridgehead atoms. The van der Waals surface area contributed by atoms with Gasteiger partial charge in [-0.25, -0.2) is 4.68 Å². The highest BCUT2D eigenvalue weighted by Crippen LogP contribution is 2.49.